The van der Waals surface area contributed by atoms with Crippen molar-refractivity contribution in [2.45, 2.75) is 58.3 Å². The fourth-order valence-corrected chi connectivity index (χ4v) is 7.21. The Bertz CT molecular complexity index is 1230. The molecule has 2 aromatic rings. The van der Waals surface area contributed by atoms with E-state index < -0.39 is 52.7 Å². The number of aliphatic hydroxyl groups is 1. The maximum Gasteiger partial charge on any atom is 0.338 e. The van der Waals surface area contributed by atoms with Gasteiger partial charge in [-0.2, -0.15) is 0 Å². The summed E-state index contributed by atoms with van der Waals surface area (Å²) >= 11 is 0. The molecule has 1 saturated heterocycles. The van der Waals surface area contributed by atoms with Crippen molar-refractivity contribution in [2.24, 2.45) is 28.6 Å². The highest BCUT2D eigenvalue weighted by atomic mass is 16.6. The third kappa shape index (κ3) is 4.13. The van der Waals surface area contributed by atoms with Gasteiger partial charge in [0.2, 0.25) is 0 Å². The van der Waals surface area contributed by atoms with Gasteiger partial charge in [0.25, 0.3) is 0 Å². The average molecular weight is 525 g/mol. The third-order valence-corrected chi connectivity index (χ3v) is 9.12. The molecule has 2 saturated carbocycles. The number of hydrogen-bond acceptors (Lipinski definition) is 9. The Kier molecular flexibility index (Phi) is 6.67. The van der Waals surface area contributed by atoms with Crippen molar-refractivity contribution in [3.05, 3.63) is 59.5 Å². The molecule has 0 radical (unpaired) electrons. The number of fused-ring (bicyclic) bond motifs is 3. The number of methoxy groups -OCH3 is 1. The van der Waals surface area contributed by atoms with Crippen LogP contribution in [0.3, 0.4) is 0 Å². The number of cyclic esters (lactones) is 1. The zero-order valence-electron chi connectivity index (χ0n) is 21.7. The Balaban J connectivity index is 1.51. The van der Waals surface area contributed by atoms with Gasteiger partial charge in [0, 0.05) is 17.9 Å². The number of carbonyl (C=O) groups is 4. The van der Waals surface area contributed by atoms with Gasteiger partial charge in [-0.05, 0) is 53.9 Å². The van der Waals surface area contributed by atoms with E-state index in [9.17, 15) is 24.3 Å². The number of ketones is 1. The van der Waals surface area contributed by atoms with Crippen molar-refractivity contribution in [1.82, 2.24) is 0 Å². The Labute approximate surface area is 220 Å². The number of ether oxygens (including phenoxy) is 3. The quantitative estimate of drug-likeness (QED) is 0.459. The SMILES string of the molecule is COC(=O)[C@@H]1C[C@H](OC(=O)c2ccc(CO)cc2)C(=O)[C@H]2[C@@]1(C)CC[C@H]1C(=O)O[C@H](c3ccoc3)C[C@]21C. The van der Waals surface area contributed by atoms with E-state index in [1.165, 1.54) is 31.8 Å². The molecule has 0 amide bonds. The zero-order valence-corrected chi connectivity index (χ0v) is 21.7. The van der Waals surface area contributed by atoms with E-state index in [1.807, 2.05) is 13.8 Å². The monoisotopic (exact) mass is 524 g/mol. The predicted octanol–water partition coefficient (Wildman–Crippen LogP) is 3.79. The van der Waals surface area contributed by atoms with Crippen LogP contribution in [0, 0.1) is 28.6 Å². The number of esters is 3. The predicted molar refractivity (Wildman–Crippen MR) is 131 cm³/mol. The maximum absolute atomic E-state index is 14.2. The first kappa shape index (κ1) is 26.2. The van der Waals surface area contributed by atoms with Gasteiger partial charge in [-0.25, -0.2) is 4.79 Å². The van der Waals surface area contributed by atoms with Gasteiger partial charge in [-0.15, -0.1) is 0 Å². The first-order valence-corrected chi connectivity index (χ1v) is 12.9. The summed E-state index contributed by atoms with van der Waals surface area (Å²) in [6, 6.07) is 7.98. The third-order valence-electron chi connectivity index (χ3n) is 9.12. The van der Waals surface area contributed by atoms with Crippen molar-refractivity contribution in [3.8, 4) is 0 Å². The minimum Gasteiger partial charge on any atom is -0.472 e. The van der Waals surface area contributed by atoms with Gasteiger partial charge in [-0.1, -0.05) is 26.0 Å². The molecule has 5 rings (SSSR count). The molecule has 1 N–H and O–H groups in total. The number of aliphatic hydroxyl groups excluding tert-OH is 1. The molecule has 3 fully saturated rings. The lowest BCUT2D eigenvalue weighted by Crippen LogP contribution is -2.64. The van der Waals surface area contributed by atoms with Gasteiger partial charge in [-0.3, -0.25) is 14.4 Å². The highest BCUT2D eigenvalue weighted by molar-refractivity contribution is 5.96. The normalized spacial score (nSPS) is 34.5. The molecular formula is C29H32O9. The molecular weight excluding hydrogens is 492 g/mol. The average Bonchev–Trinajstić information content (AvgIpc) is 3.44. The van der Waals surface area contributed by atoms with Gasteiger partial charge in [0.15, 0.2) is 11.9 Å². The number of Topliss-reactive ketones (excluding diaryl/α,β-unsaturated/α-hetero) is 1. The van der Waals surface area contributed by atoms with Gasteiger partial charge >= 0.3 is 17.9 Å². The van der Waals surface area contributed by atoms with Crippen LogP contribution in [0.5, 0.6) is 0 Å². The second-order valence-electron chi connectivity index (χ2n) is 11.2. The first-order chi connectivity index (χ1) is 18.1. The lowest BCUT2D eigenvalue weighted by atomic mass is 9.43. The Morgan fingerprint density at radius 1 is 1.11 bits per heavy atom. The van der Waals surface area contributed by atoms with Crippen LogP contribution >= 0.6 is 0 Å². The Morgan fingerprint density at radius 2 is 1.84 bits per heavy atom. The fourth-order valence-electron chi connectivity index (χ4n) is 7.21. The number of furan rings is 1. The number of rotatable bonds is 5. The van der Waals surface area contributed by atoms with E-state index in [0.717, 1.165) is 0 Å². The maximum atomic E-state index is 14.2. The smallest absolute Gasteiger partial charge is 0.338 e. The van der Waals surface area contributed by atoms with Crippen LogP contribution in [-0.2, 0) is 35.2 Å². The molecule has 9 nitrogen and oxygen atoms in total. The molecule has 1 aromatic carbocycles. The molecule has 3 aliphatic rings. The second kappa shape index (κ2) is 9.69. The molecule has 1 aliphatic heterocycles. The fraction of sp³-hybridized carbons (Fsp3) is 0.517. The van der Waals surface area contributed by atoms with Crippen molar-refractivity contribution in [1.29, 1.82) is 0 Å². The number of hydrogen-bond donors (Lipinski definition) is 1. The highest BCUT2D eigenvalue weighted by Gasteiger charge is 2.67. The summed E-state index contributed by atoms with van der Waals surface area (Å²) in [6.07, 6.45) is 2.56. The Morgan fingerprint density at radius 3 is 2.47 bits per heavy atom. The van der Waals surface area contributed by atoms with Crippen molar-refractivity contribution in [2.75, 3.05) is 7.11 Å². The molecule has 1 aromatic heterocycles. The summed E-state index contributed by atoms with van der Waals surface area (Å²) in [5.74, 6) is -3.82. The van der Waals surface area contributed by atoms with Gasteiger partial charge in [0.05, 0.1) is 43.6 Å². The molecule has 38 heavy (non-hydrogen) atoms. The summed E-state index contributed by atoms with van der Waals surface area (Å²) in [7, 11) is 1.31. The van der Waals surface area contributed by atoms with E-state index in [-0.39, 0.29) is 30.3 Å². The molecule has 0 bridgehead atoms. The van der Waals surface area contributed by atoms with Gasteiger partial charge < -0.3 is 23.7 Å². The molecule has 2 aliphatic carbocycles. The summed E-state index contributed by atoms with van der Waals surface area (Å²) in [5.41, 5.74) is -0.0742. The van der Waals surface area contributed by atoms with Crippen LogP contribution < -0.4 is 0 Å². The first-order valence-electron chi connectivity index (χ1n) is 12.9. The minimum absolute atomic E-state index is 0.00925. The van der Waals surface area contributed by atoms with Crippen LogP contribution in [0.15, 0.2) is 47.3 Å². The number of benzene rings is 1. The van der Waals surface area contributed by atoms with E-state index in [2.05, 4.69) is 0 Å². The highest BCUT2D eigenvalue weighted by Crippen LogP contribution is 2.65. The topological polar surface area (TPSA) is 129 Å². The van der Waals surface area contributed by atoms with E-state index in [0.29, 0.717) is 30.4 Å². The number of carbonyl (C=O) groups excluding carboxylic acids is 4. The lowest BCUT2D eigenvalue weighted by molar-refractivity contribution is -0.208. The lowest BCUT2D eigenvalue weighted by Gasteiger charge is -2.61. The summed E-state index contributed by atoms with van der Waals surface area (Å²) in [6.45, 7) is 3.66. The molecule has 9 heteroatoms. The van der Waals surface area contributed by atoms with Crippen molar-refractivity contribution < 1.29 is 42.9 Å². The van der Waals surface area contributed by atoms with E-state index in [4.69, 9.17) is 18.6 Å². The molecule has 202 valence electrons. The van der Waals surface area contributed by atoms with E-state index in [1.54, 1.807) is 18.2 Å². The largest absolute Gasteiger partial charge is 0.472 e. The van der Waals surface area contributed by atoms with Crippen LogP contribution in [0.1, 0.15) is 67.1 Å². The molecule has 7 atom stereocenters. The summed E-state index contributed by atoms with van der Waals surface area (Å²) in [5, 5.41) is 9.28. The van der Waals surface area contributed by atoms with Crippen LogP contribution in [-0.4, -0.2) is 42.0 Å². The van der Waals surface area contributed by atoms with Crippen LogP contribution in [0.4, 0.5) is 0 Å². The second-order valence-corrected chi connectivity index (χ2v) is 11.2. The van der Waals surface area contributed by atoms with Crippen LogP contribution in [0.25, 0.3) is 0 Å². The van der Waals surface area contributed by atoms with Crippen molar-refractivity contribution >= 4 is 23.7 Å². The molecule has 2 heterocycles. The Hall–Kier alpha value is -3.46. The zero-order chi connectivity index (χ0) is 27.2. The summed E-state index contributed by atoms with van der Waals surface area (Å²) < 4.78 is 21.9. The minimum atomic E-state index is -1.18. The standard InChI is InChI=1S/C29H32O9/c1-28-10-8-19-27(34)38-22(18-9-11-36-15-18)13-29(19,2)24(28)23(31)21(12-20(28)26(33)35-3)37-25(32)17-6-4-16(14-30)5-7-17/h4-7,9,11,15,19-22,24,30H,8,10,12-14H2,1-3H3/t19-,20-,21-,22-,24-,28-,29-/m0/s1. The molecule has 0 unspecified atom stereocenters. The van der Waals surface area contributed by atoms with Crippen molar-refractivity contribution in [3.63, 3.8) is 0 Å². The van der Waals surface area contributed by atoms with E-state index >= 15 is 0 Å². The summed E-state index contributed by atoms with van der Waals surface area (Å²) in [4.78, 5) is 53.6. The van der Waals surface area contributed by atoms with Gasteiger partial charge in [0.1, 0.15) is 6.10 Å². The molecule has 0 spiro atoms. The van der Waals surface area contributed by atoms with Crippen LogP contribution in [0.2, 0.25) is 0 Å².